The van der Waals surface area contributed by atoms with Gasteiger partial charge in [-0.2, -0.15) is 0 Å². The van der Waals surface area contributed by atoms with Crippen molar-refractivity contribution in [3.8, 4) is 0 Å². The largest absolute Gasteiger partial charge is 0.481 e. The number of ketones is 1. The number of carbonyl (C=O) groups is 2. The summed E-state index contributed by atoms with van der Waals surface area (Å²) in [6.07, 6.45) is -0.0889. The summed E-state index contributed by atoms with van der Waals surface area (Å²) in [5, 5.41) is 8.65. The second kappa shape index (κ2) is 5.44. The molecule has 0 unspecified atom stereocenters. The van der Waals surface area contributed by atoms with Gasteiger partial charge in [-0.3, -0.25) is 9.59 Å². The van der Waals surface area contributed by atoms with E-state index in [-0.39, 0.29) is 17.8 Å². The van der Waals surface area contributed by atoms with Crippen LogP contribution in [0.15, 0.2) is 48.5 Å². The molecular formula is C15H11FO3. The Kier molecular flexibility index (Phi) is 3.71. The molecule has 0 amide bonds. The van der Waals surface area contributed by atoms with Crippen LogP contribution in [-0.2, 0) is 11.2 Å². The van der Waals surface area contributed by atoms with E-state index in [0.717, 1.165) is 0 Å². The number of hydrogen-bond acceptors (Lipinski definition) is 2. The third-order valence-electron chi connectivity index (χ3n) is 2.66. The third kappa shape index (κ3) is 3.25. The Labute approximate surface area is 109 Å². The summed E-state index contributed by atoms with van der Waals surface area (Å²) in [4.78, 5) is 22.6. The lowest BCUT2D eigenvalue weighted by Gasteiger charge is -2.03. The number of rotatable bonds is 4. The normalized spacial score (nSPS) is 10.2. The fourth-order valence-corrected chi connectivity index (χ4v) is 1.74. The number of carboxylic acid groups (broad SMARTS) is 1. The van der Waals surface area contributed by atoms with Gasteiger partial charge in [0.25, 0.3) is 0 Å². The zero-order valence-electron chi connectivity index (χ0n) is 9.97. The third-order valence-corrected chi connectivity index (χ3v) is 2.66. The van der Waals surface area contributed by atoms with Crippen molar-refractivity contribution in [1.82, 2.24) is 0 Å². The van der Waals surface area contributed by atoms with E-state index in [2.05, 4.69) is 0 Å². The highest BCUT2D eigenvalue weighted by Gasteiger charge is 2.10. The van der Waals surface area contributed by atoms with Gasteiger partial charge in [0.2, 0.25) is 0 Å². The quantitative estimate of drug-likeness (QED) is 0.858. The molecule has 3 nitrogen and oxygen atoms in total. The van der Waals surface area contributed by atoms with E-state index in [1.807, 2.05) is 0 Å². The molecule has 0 heterocycles. The Morgan fingerprint density at radius 1 is 1.00 bits per heavy atom. The summed E-state index contributed by atoms with van der Waals surface area (Å²) in [5.41, 5.74) is 1.29. The molecule has 0 saturated heterocycles. The van der Waals surface area contributed by atoms with Crippen LogP contribution in [0.4, 0.5) is 4.39 Å². The lowest BCUT2D eigenvalue weighted by atomic mass is 10.0. The first-order valence-corrected chi connectivity index (χ1v) is 5.67. The van der Waals surface area contributed by atoms with E-state index in [4.69, 9.17) is 5.11 Å². The Morgan fingerprint density at radius 2 is 1.68 bits per heavy atom. The first-order chi connectivity index (χ1) is 9.06. The summed E-state index contributed by atoms with van der Waals surface area (Å²) < 4.78 is 13.0. The van der Waals surface area contributed by atoms with Gasteiger partial charge in [-0.15, -0.1) is 0 Å². The van der Waals surface area contributed by atoms with Crippen LogP contribution in [0.3, 0.4) is 0 Å². The zero-order chi connectivity index (χ0) is 13.8. The van der Waals surface area contributed by atoms with Gasteiger partial charge in [0.15, 0.2) is 5.78 Å². The molecule has 0 aliphatic heterocycles. The van der Waals surface area contributed by atoms with Crippen molar-refractivity contribution in [2.24, 2.45) is 0 Å². The predicted octanol–water partition coefficient (Wildman–Crippen LogP) is 2.68. The van der Waals surface area contributed by atoms with Gasteiger partial charge in [-0.1, -0.05) is 36.4 Å². The van der Waals surface area contributed by atoms with E-state index < -0.39 is 11.8 Å². The van der Waals surface area contributed by atoms with Crippen LogP contribution in [0, 0.1) is 5.82 Å². The Bertz CT molecular complexity index is 618. The average molecular weight is 258 g/mol. The molecule has 0 bridgehead atoms. The highest BCUT2D eigenvalue weighted by molar-refractivity contribution is 6.08. The van der Waals surface area contributed by atoms with Crippen molar-refractivity contribution in [3.05, 3.63) is 71.0 Å². The highest BCUT2D eigenvalue weighted by atomic mass is 19.1. The van der Waals surface area contributed by atoms with Crippen LogP contribution in [0.25, 0.3) is 0 Å². The predicted molar refractivity (Wildman–Crippen MR) is 67.6 cm³/mol. The van der Waals surface area contributed by atoms with Crippen LogP contribution < -0.4 is 0 Å². The lowest BCUT2D eigenvalue weighted by Crippen LogP contribution is -2.03. The van der Waals surface area contributed by atoms with Crippen molar-refractivity contribution in [2.75, 3.05) is 0 Å². The van der Waals surface area contributed by atoms with E-state index in [9.17, 15) is 14.0 Å². The highest BCUT2D eigenvalue weighted by Crippen LogP contribution is 2.12. The molecule has 0 spiro atoms. The molecule has 2 rings (SSSR count). The number of carboxylic acids is 1. The second-order valence-corrected chi connectivity index (χ2v) is 4.11. The molecule has 0 saturated carbocycles. The van der Waals surface area contributed by atoms with Crippen LogP contribution in [0.2, 0.25) is 0 Å². The van der Waals surface area contributed by atoms with Gasteiger partial charge in [-0.05, 0) is 17.7 Å². The maximum atomic E-state index is 13.0. The fourth-order valence-electron chi connectivity index (χ4n) is 1.74. The molecule has 2 aromatic carbocycles. The number of carbonyl (C=O) groups excluding carboxylic acids is 1. The van der Waals surface area contributed by atoms with E-state index >= 15 is 0 Å². The average Bonchev–Trinajstić information content (AvgIpc) is 2.38. The topological polar surface area (TPSA) is 54.4 Å². The van der Waals surface area contributed by atoms with Crippen LogP contribution in [0.5, 0.6) is 0 Å². The van der Waals surface area contributed by atoms with Gasteiger partial charge in [0.05, 0.1) is 6.42 Å². The molecule has 0 aromatic heterocycles. The smallest absolute Gasteiger partial charge is 0.307 e. The molecule has 0 aliphatic rings. The Morgan fingerprint density at radius 3 is 2.26 bits per heavy atom. The zero-order valence-corrected chi connectivity index (χ0v) is 9.97. The Hall–Kier alpha value is -2.49. The van der Waals surface area contributed by atoms with Crippen LogP contribution >= 0.6 is 0 Å². The van der Waals surface area contributed by atoms with Crippen molar-refractivity contribution in [3.63, 3.8) is 0 Å². The van der Waals surface area contributed by atoms with Gasteiger partial charge in [-0.25, -0.2) is 4.39 Å². The van der Waals surface area contributed by atoms with Crippen molar-refractivity contribution >= 4 is 11.8 Å². The van der Waals surface area contributed by atoms with Crippen molar-refractivity contribution in [2.45, 2.75) is 6.42 Å². The number of aliphatic carboxylic acids is 1. The van der Waals surface area contributed by atoms with E-state index in [1.165, 1.54) is 24.3 Å². The van der Waals surface area contributed by atoms with Gasteiger partial charge in [0.1, 0.15) is 5.82 Å². The van der Waals surface area contributed by atoms with Crippen molar-refractivity contribution in [1.29, 1.82) is 0 Å². The minimum Gasteiger partial charge on any atom is -0.481 e. The molecule has 2 aromatic rings. The van der Waals surface area contributed by atoms with Crippen LogP contribution in [-0.4, -0.2) is 16.9 Å². The minimum absolute atomic E-state index is 0.0889. The van der Waals surface area contributed by atoms with Crippen molar-refractivity contribution < 1.29 is 19.1 Å². The summed E-state index contributed by atoms with van der Waals surface area (Å²) in [5.74, 6) is -1.68. The first-order valence-electron chi connectivity index (χ1n) is 5.67. The monoisotopic (exact) mass is 258 g/mol. The van der Waals surface area contributed by atoms with Crippen LogP contribution in [0.1, 0.15) is 21.5 Å². The number of hydrogen-bond donors (Lipinski definition) is 1. The van der Waals surface area contributed by atoms with Gasteiger partial charge in [0, 0.05) is 11.1 Å². The molecule has 0 aliphatic carbocycles. The van der Waals surface area contributed by atoms with Gasteiger partial charge < -0.3 is 5.11 Å². The first kappa shape index (κ1) is 13.0. The molecular weight excluding hydrogens is 247 g/mol. The molecule has 0 radical (unpaired) electrons. The maximum Gasteiger partial charge on any atom is 0.307 e. The molecule has 0 fully saturated rings. The van der Waals surface area contributed by atoms with E-state index in [1.54, 1.807) is 24.3 Å². The lowest BCUT2D eigenvalue weighted by molar-refractivity contribution is -0.136. The summed E-state index contributed by atoms with van der Waals surface area (Å²) in [6.45, 7) is 0. The maximum absolute atomic E-state index is 13.0. The molecule has 1 N–H and O–H groups in total. The number of benzene rings is 2. The summed E-state index contributed by atoms with van der Waals surface area (Å²) in [7, 11) is 0. The molecule has 96 valence electrons. The standard InChI is InChI=1S/C15H11FO3/c16-13-3-1-2-12(9-13)15(19)11-6-4-10(5-7-11)8-14(17)18/h1-7,9H,8H2,(H,17,18). The summed E-state index contributed by atoms with van der Waals surface area (Å²) in [6, 6.07) is 11.7. The SMILES string of the molecule is O=C(O)Cc1ccc(C(=O)c2cccc(F)c2)cc1. The van der Waals surface area contributed by atoms with Gasteiger partial charge >= 0.3 is 5.97 Å². The summed E-state index contributed by atoms with van der Waals surface area (Å²) >= 11 is 0. The molecule has 0 atom stereocenters. The Balaban J connectivity index is 2.22. The minimum atomic E-state index is -0.927. The second-order valence-electron chi connectivity index (χ2n) is 4.11. The number of halogens is 1. The molecule has 4 heteroatoms. The fraction of sp³-hybridized carbons (Fsp3) is 0.0667. The van der Waals surface area contributed by atoms with E-state index in [0.29, 0.717) is 11.1 Å². The molecule has 19 heavy (non-hydrogen) atoms.